The molecule has 0 aliphatic carbocycles. The molecule has 2 aromatic heterocycles. The molecular formula is C17H23N5O3. The number of methoxy groups -OCH3 is 1. The zero-order valence-electron chi connectivity index (χ0n) is 14.6. The quantitative estimate of drug-likeness (QED) is 0.825. The predicted molar refractivity (Wildman–Crippen MR) is 89.3 cm³/mol. The molecule has 2 saturated heterocycles. The maximum atomic E-state index is 12.8. The smallest absolute Gasteiger partial charge is 0.231 e. The van der Waals surface area contributed by atoms with E-state index in [1.165, 1.54) is 0 Å². The van der Waals surface area contributed by atoms with Gasteiger partial charge in [-0.15, -0.1) is 15.3 Å². The molecule has 2 aromatic rings. The number of hydrogen-bond donors (Lipinski definition) is 0. The number of aryl methyl sites for hydroxylation is 1. The summed E-state index contributed by atoms with van der Waals surface area (Å²) in [7, 11) is 1.57. The fraction of sp³-hybridized carbons (Fsp3) is 0.647. The summed E-state index contributed by atoms with van der Waals surface area (Å²) >= 11 is 0. The van der Waals surface area contributed by atoms with E-state index in [4.69, 9.17) is 9.47 Å². The van der Waals surface area contributed by atoms with Crippen LogP contribution in [0.1, 0.15) is 32.0 Å². The van der Waals surface area contributed by atoms with Gasteiger partial charge in [0.25, 0.3) is 0 Å². The summed E-state index contributed by atoms with van der Waals surface area (Å²) < 4.78 is 12.5. The van der Waals surface area contributed by atoms with Gasteiger partial charge in [-0.05, 0) is 18.9 Å². The molecule has 4 rings (SSSR count). The van der Waals surface area contributed by atoms with Crippen LogP contribution in [0.3, 0.4) is 0 Å². The van der Waals surface area contributed by atoms with E-state index in [0.29, 0.717) is 36.8 Å². The molecule has 4 heterocycles. The number of carbonyl (C=O) groups excluding carboxylic acids is 1. The summed E-state index contributed by atoms with van der Waals surface area (Å²) in [5, 5.41) is 12.6. The molecule has 8 nitrogen and oxygen atoms in total. The van der Waals surface area contributed by atoms with E-state index in [1.54, 1.807) is 23.8 Å². The summed E-state index contributed by atoms with van der Waals surface area (Å²) in [6, 6.07) is 3.74. The van der Waals surface area contributed by atoms with Crippen LogP contribution in [0.15, 0.2) is 12.1 Å². The number of amides is 1. The molecule has 134 valence electrons. The summed E-state index contributed by atoms with van der Waals surface area (Å²) in [6.45, 7) is 4.44. The molecule has 0 aromatic carbocycles. The lowest BCUT2D eigenvalue weighted by atomic mass is 9.77. The second-order valence-corrected chi connectivity index (χ2v) is 7.14. The largest absolute Gasteiger partial charge is 0.480 e. The molecule has 0 saturated carbocycles. The number of rotatable bonds is 4. The van der Waals surface area contributed by atoms with E-state index < -0.39 is 0 Å². The van der Waals surface area contributed by atoms with Crippen LogP contribution < -0.4 is 4.74 Å². The minimum absolute atomic E-state index is 0.102. The first-order valence-corrected chi connectivity index (χ1v) is 8.73. The zero-order valence-corrected chi connectivity index (χ0v) is 14.6. The van der Waals surface area contributed by atoms with Crippen molar-refractivity contribution >= 4 is 11.6 Å². The van der Waals surface area contributed by atoms with Gasteiger partial charge in [0.2, 0.25) is 11.8 Å². The topological polar surface area (TPSA) is 81.9 Å². The Morgan fingerprint density at radius 2 is 2.32 bits per heavy atom. The highest BCUT2D eigenvalue weighted by molar-refractivity contribution is 5.77. The molecule has 0 radical (unpaired) electrons. The van der Waals surface area contributed by atoms with E-state index in [2.05, 4.69) is 22.2 Å². The van der Waals surface area contributed by atoms with E-state index in [9.17, 15) is 4.79 Å². The third kappa shape index (κ3) is 2.84. The number of likely N-dealkylation sites (tertiary alicyclic amines) is 1. The van der Waals surface area contributed by atoms with Crippen LogP contribution in [0.4, 0.5) is 0 Å². The Balaban J connectivity index is 1.47. The Kier molecular flexibility index (Phi) is 4.07. The molecular weight excluding hydrogens is 322 g/mol. The normalized spacial score (nSPS) is 26.0. The molecule has 8 heteroatoms. The van der Waals surface area contributed by atoms with Crippen molar-refractivity contribution in [3.8, 4) is 5.88 Å². The zero-order chi connectivity index (χ0) is 17.4. The lowest BCUT2D eigenvalue weighted by Crippen LogP contribution is -2.52. The van der Waals surface area contributed by atoms with Crippen LogP contribution in [-0.4, -0.2) is 63.5 Å². The van der Waals surface area contributed by atoms with Gasteiger partial charge in [-0.25, -0.2) is 0 Å². The average Bonchev–Trinajstić information content (AvgIpc) is 3.21. The van der Waals surface area contributed by atoms with Gasteiger partial charge in [0.1, 0.15) is 0 Å². The number of aromatic nitrogens is 4. The predicted octanol–water partition coefficient (Wildman–Crippen LogP) is 1.09. The highest BCUT2D eigenvalue weighted by atomic mass is 16.5. The van der Waals surface area contributed by atoms with Gasteiger partial charge in [-0.2, -0.15) is 4.52 Å². The molecule has 1 amide bonds. The van der Waals surface area contributed by atoms with Crippen molar-refractivity contribution in [3.05, 3.63) is 18.0 Å². The molecule has 0 N–H and O–H groups in total. The maximum absolute atomic E-state index is 12.8. The standard InChI is InChI=1S/C17H23N5O3/c1-17-8-3-9-21(12(17)10-25-11-17)16(23)7-5-14-19-18-13-4-6-15(24-2)20-22(13)14/h4,6,12H,3,5,7-11H2,1-2H3/t12-,17+/m1/s1. The van der Waals surface area contributed by atoms with Crippen molar-refractivity contribution < 1.29 is 14.3 Å². The monoisotopic (exact) mass is 345 g/mol. The van der Waals surface area contributed by atoms with Gasteiger partial charge in [0.15, 0.2) is 11.5 Å². The number of hydrogen-bond acceptors (Lipinski definition) is 6. The third-order valence-corrected chi connectivity index (χ3v) is 5.43. The van der Waals surface area contributed by atoms with Crippen molar-refractivity contribution in [2.75, 3.05) is 26.9 Å². The Labute approximate surface area is 146 Å². The van der Waals surface area contributed by atoms with Crippen LogP contribution in [-0.2, 0) is 16.0 Å². The van der Waals surface area contributed by atoms with Gasteiger partial charge in [-0.3, -0.25) is 4.79 Å². The number of ether oxygens (including phenoxy) is 2. The van der Waals surface area contributed by atoms with E-state index in [1.807, 2.05) is 4.90 Å². The van der Waals surface area contributed by atoms with Crippen LogP contribution in [0.25, 0.3) is 5.65 Å². The van der Waals surface area contributed by atoms with Gasteiger partial charge >= 0.3 is 0 Å². The Morgan fingerprint density at radius 3 is 3.16 bits per heavy atom. The van der Waals surface area contributed by atoms with E-state index in [0.717, 1.165) is 26.0 Å². The molecule has 2 fully saturated rings. The fourth-order valence-corrected chi connectivity index (χ4v) is 3.96. The lowest BCUT2D eigenvalue weighted by Gasteiger charge is -2.43. The molecule has 2 atom stereocenters. The van der Waals surface area contributed by atoms with Crippen LogP contribution in [0, 0.1) is 5.41 Å². The van der Waals surface area contributed by atoms with Crippen molar-refractivity contribution in [2.45, 2.75) is 38.6 Å². The van der Waals surface area contributed by atoms with E-state index in [-0.39, 0.29) is 17.4 Å². The molecule has 2 aliphatic heterocycles. The number of nitrogens with zero attached hydrogens (tertiary/aromatic N) is 5. The molecule has 2 aliphatic rings. The van der Waals surface area contributed by atoms with Crippen LogP contribution in [0.5, 0.6) is 5.88 Å². The highest BCUT2D eigenvalue weighted by Crippen LogP contribution is 2.40. The number of piperidine rings is 1. The Morgan fingerprint density at radius 1 is 1.44 bits per heavy atom. The Hall–Kier alpha value is -2.22. The van der Waals surface area contributed by atoms with E-state index >= 15 is 0 Å². The van der Waals surface area contributed by atoms with Gasteiger partial charge < -0.3 is 14.4 Å². The first-order chi connectivity index (χ1) is 12.1. The summed E-state index contributed by atoms with van der Waals surface area (Å²) in [4.78, 5) is 14.8. The summed E-state index contributed by atoms with van der Waals surface area (Å²) in [5.41, 5.74) is 0.752. The summed E-state index contributed by atoms with van der Waals surface area (Å²) in [5.74, 6) is 1.32. The third-order valence-electron chi connectivity index (χ3n) is 5.43. The summed E-state index contributed by atoms with van der Waals surface area (Å²) in [6.07, 6.45) is 3.06. The number of carbonyl (C=O) groups is 1. The second-order valence-electron chi connectivity index (χ2n) is 7.14. The average molecular weight is 345 g/mol. The van der Waals surface area contributed by atoms with Crippen molar-refractivity contribution in [1.82, 2.24) is 24.7 Å². The van der Waals surface area contributed by atoms with Crippen LogP contribution in [0.2, 0.25) is 0 Å². The first kappa shape index (κ1) is 16.3. The van der Waals surface area contributed by atoms with Gasteiger partial charge in [0.05, 0.1) is 26.4 Å². The van der Waals surface area contributed by atoms with Gasteiger partial charge in [-0.1, -0.05) is 6.92 Å². The maximum Gasteiger partial charge on any atom is 0.231 e. The van der Waals surface area contributed by atoms with Crippen molar-refractivity contribution in [1.29, 1.82) is 0 Å². The fourth-order valence-electron chi connectivity index (χ4n) is 3.96. The first-order valence-electron chi connectivity index (χ1n) is 8.73. The minimum atomic E-state index is 0.102. The van der Waals surface area contributed by atoms with Crippen molar-refractivity contribution in [3.63, 3.8) is 0 Å². The molecule has 0 bridgehead atoms. The highest BCUT2D eigenvalue weighted by Gasteiger charge is 2.46. The molecule has 0 spiro atoms. The van der Waals surface area contributed by atoms with Crippen molar-refractivity contribution in [2.24, 2.45) is 5.41 Å². The second kappa shape index (κ2) is 6.25. The Bertz CT molecular complexity index is 792. The van der Waals surface area contributed by atoms with Gasteiger partial charge in [0, 0.05) is 30.9 Å². The lowest BCUT2D eigenvalue weighted by molar-refractivity contribution is -0.137. The molecule has 0 unspecified atom stereocenters. The van der Waals surface area contributed by atoms with Crippen LogP contribution >= 0.6 is 0 Å². The minimum Gasteiger partial charge on any atom is -0.480 e. The molecule has 25 heavy (non-hydrogen) atoms. The number of fused-ring (bicyclic) bond motifs is 2. The SMILES string of the molecule is COc1ccc2nnc(CCC(=O)N3CCC[C@@]4(C)COC[C@@H]34)n2n1.